The van der Waals surface area contributed by atoms with E-state index in [4.69, 9.17) is 0 Å². The molecule has 1 fully saturated rings. The van der Waals surface area contributed by atoms with Crippen molar-refractivity contribution in [1.82, 2.24) is 15.1 Å². The minimum absolute atomic E-state index is 0.0123. The third-order valence-corrected chi connectivity index (χ3v) is 3.87. The largest absolute Gasteiger partial charge is 0.325 e. The van der Waals surface area contributed by atoms with E-state index < -0.39 is 23.4 Å². The summed E-state index contributed by atoms with van der Waals surface area (Å²) in [5, 5.41) is 2.56. The molecule has 0 saturated carbocycles. The highest BCUT2D eigenvalue weighted by atomic mass is 16.2. The standard InChI is InChI=1S/C15H15N3O4/c1-15(2)13(21)18(14(22)16-15)8-7-17-11(19)9-5-3-4-6-10(9)12(17)20/h3-6H,7-8H2,1-2H3,(H,16,22). The van der Waals surface area contributed by atoms with Crippen molar-refractivity contribution in [3.8, 4) is 0 Å². The van der Waals surface area contributed by atoms with E-state index in [9.17, 15) is 19.2 Å². The van der Waals surface area contributed by atoms with Gasteiger partial charge in [0.05, 0.1) is 11.1 Å². The molecule has 2 aliphatic heterocycles. The number of benzene rings is 1. The molecule has 1 N–H and O–H groups in total. The lowest BCUT2D eigenvalue weighted by Gasteiger charge is -2.19. The van der Waals surface area contributed by atoms with Crippen molar-refractivity contribution in [3.05, 3.63) is 35.4 Å². The van der Waals surface area contributed by atoms with E-state index in [0.29, 0.717) is 11.1 Å². The van der Waals surface area contributed by atoms with E-state index in [-0.39, 0.29) is 19.0 Å². The van der Waals surface area contributed by atoms with E-state index in [1.165, 1.54) is 0 Å². The van der Waals surface area contributed by atoms with Gasteiger partial charge in [-0.25, -0.2) is 4.79 Å². The highest BCUT2D eigenvalue weighted by Crippen LogP contribution is 2.23. The molecule has 0 radical (unpaired) electrons. The fourth-order valence-electron chi connectivity index (χ4n) is 2.66. The Bertz CT molecular complexity index is 675. The van der Waals surface area contributed by atoms with Crippen LogP contribution in [-0.2, 0) is 4.79 Å². The molecule has 1 aromatic rings. The van der Waals surface area contributed by atoms with Crippen LogP contribution in [0.15, 0.2) is 24.3 Å². The highest BCUT2D eigenvalue weighted by Gasteiger charge is 2.45. The number of fused-ring (bicyclic) bond motifs is 1. The predicted molar refractivity (Wildman–Crippen MR) is 76.1 cm³/mol. The number of hydrogen-bond donors (Lipinski definition) is 1. The Morgan fingerprint density at radius 3 is 1.86 bits per heavy atom. The first-order chi connectivity index (χ1) is 10.3. The molecule has 1 saturated heterocycles. The number of rotatable bonds is 3. The lowest BCUT2D eigenvalue weighted by molar-refractivity contribution is -0.130. The second-order valence-electron chi connectivity index (χ2n) is 5.82. The Balaban J connectivity index is 1.74. The minimum Gasteiger partial charge on any atom is -0.324 e. The molecule has 7 heteroatoms. The zero-order valence-electron chi connectivity index (χ0n) is 12.3. The van der Waals surface area contributed by atoms with Gasteiger partial charge < -0.3 is 5.32 Å². The monoisotopic (exact) mass is 301 g/mol. The molecule has 7 nitrogen and oxygen atoms in total. The van der Waals surface area contributed by atoms with E-state index in [1.807, 2.05) is 0 Å². The van der Waals surface area contributed by atoms with Crippen LogP contribution >= 0.6 is 0 Å². The maximum atomic E-state index is 12.2. The Labute approximate surface area is 126 Å². The summed E-state index contributed by atoms with van der Waals surface area (Å²) < 4.78 is 0. The van der Waals surface area contributed by atoms with Crippen molar-refractivity contribution in [3.63, 3.8) is 0 Å². The number of urea groups is 1. The second kappa shape index (κ2) is 4.66. The van der Waals surface area contributed by atoms with Crippen LogP contribution in [0.4, 0.5) is 4.79 Å². The van der Waals surface area contributed by atoms with Crippen LogP contribution in [0.3, 0.4) is 0 Å². The normalized spacial score (nSPS) is 19.7. The number of carbonyl (C=O) groups is 4. The fraction of sp³-hybridized carbons (Fsp3) is 0.333. The summed E-state index contributed by atoms with van der Waals surface area (Å²) in [7, 11) is 0. The zero-order valence-corrected chi connectivity index (χ0v) is 12.3. The highest BCUT2D eigenvalue weighted by molar-refractivity contribution is 6.21. The van der Waals surface area contributed by atoms with Gasteiger partial charge in [-0.2, -0.15) is 0 Å². The summed E-state index contributed by atoms with van der Waals surface area (Å²) in [5.74, 6) is -1.16. The van der Waals surface area contributed by atoms with E-state index in [1.54, 1.807) is 38.1 Å². The second-order valence-corrected chi connectivity index (χ2v) is 5.82. The number of hydrogen-bond acceptors (Lipinski definition) is 4. The van der Waals surface area contributed by atoms with Crippen molar-refractivity contribution < 1.29 is 19.2 Å². The molecule has 5 amide bonds. The minimum atomic E-state index is -0.959. The molecule has 0 bridgehead atoms. The molecule has 2 heterocycles. The molecule has 114 valence electrons. The molecule has 22 heavy (non-hydrogen) atoms. The van der Waals surface area contributed by atoms with Gasteiger partial charge in [0.2, 0.25) is 0 Å². The van der Waals surface area contributed by atoms with Crippen molar-refractivity contribution in [2.75, 3.05) is 13.1 Å². The van der Waals surface area contributed by atoms with Gasteiger partial charge in [0.25, 0.3) is 17.7 Å². The van der Waals surface area contributed by atoms with Gasteiger partial charge >= 0.3 is 6.03 Å². The van der Waals surface area contributed by atoms with E-state index in [0.717, 1.165) is 9.80 Å². The fourth-order valence-corrected chi connectivity index (χ4v) is 2.66. The average Bonchev–Trinajstić information content (AvgIpc) is 2.82. The molecule has 2 aliphatic rings. The van der Waals surface area contributed by atoms with Crippen molar-refractivity contribution in [2.24, 2.45) is 0 Å². The van der Waals surface area contributed by atoms with Gasteiger partial charge in [-0.05, 0) is 26.0 Å². The number of amides is 5. The quantitative estimate of drug-likeness (QED) is 0.654. The molecule has 0 aromatic heterocycles. The Morgan fingerprint density at radius 2 is 1.41 bits per heavy atom. The van der Waals surface area contributed by atoms with Crippen molar-refractivity contribution >= 4 is 23.8 Å². The molecule has 0 unspecified atom stereocenters. The molecule has 0 aliphatic carbocycles. The van der Waals surface area contributed by atoms with Gasteiger partial charge in [-0.3, -0.25) is 24.2 Å². The van der Waals surface area contributed by atoms with Crippen LogP contribution < -0.4 is 5.32 Å². The van der Waals surface area contributed by atoms with Gasteiger partial charge in [-0.15, -0.1) is 0 Å². The molecule has 3 rings (SSSR count). The Kier molecular flexibility index (Phi) is 3.01. The topological polar surface area (TPSA) is 86.8 Å². The van der Waals surface area contributed by atoms with Gasteiger partial charge in [0.1, 0.15) is 5.54 Å². The van der Waals surface area contributed by atoms with Gasteiger partial charge in [-0.1, -0.05) is 12.1 Å². The SMILES string of the molecule is CC1(C)NC(=O)N(CCN2C(=O)c3ccccc3C2=O)C1=O. The summed E-state index contributed by atoms with van der Waals surface area (Å²) in [6, 6.07) is 6.05. The van der Waals surface area contributed by atoms with Gasteiger partial charge in [0.15, 0.2) is 0 Å². The first-order valence-electron chi connectivity index (χ1n) is 6.92. The Morgan fingerprint density at radius 1 is 0.909 bits per heavy atom. The van der Waals surface area contributed by atoms with Crippen molar-refractivity contribution in [2.45, 2.75) is 19.4 Å². The number of nitrogens with zero attached hydrogens (tertiary/aromatic N) is 2. The third-order valence-electron chi connectivity index (χ3n) is 3.87. The van der Waals surface area contributed by atoms with Crippen LogP contribution in [-0.4, -0.2) is 52.2 Å². The lowest BCUT2D eigenvalue weighted by atomic mass is 10.1. The molecular weight excluding hydrogens is 286 g/mol. The first-order valence-corrected chi connectivity index (χ1v) is 6.92. The van der Waals surface area contributed by atoms with Crippen LogP contribution in [0.1, 0.15) is 34.6 Å². The van der Waals surface area contributed by atoms with Crippen molar-refractivity contribution in [1.29, 1.82) is 0 Å². The zero-order chi connectivity index (χ0) is 16.1. The lowest BCUT2D eigenvalue weighted by Crippen LogP contribution is -2.42. The van der Waals surface area contributed by atoms with E-state index >= 15 is 0 Å². The van der Waals surface area contributed by atoms with Crippen LogP contribution in [0, 0.1) is 0 Å². The summed E-state index contributed by atoms with van der Waals surface area (Å²) in [6.45, 7) is 3.19. The summed E-state index contributed by atoms with van der Waals surface area (Å²) in [6.07, 6.45) is 0. The van der Waals surface area contributed by atoms with Crippen LogP contribution in [0.25, 0.3) is 0 Å². The summed E-state index contributed by atoms with van der Waals surface area (Å²) in [4.78, 5) is 50.4. The first kappa shape index (κ1) is 14.2. The molecular formula is C15H15N3O4. The summed E-state index contributed by atoms with van der Waals surface area (Å²) >= 11 is 0. The smallest absolute Gasteiger partial charge is 0.324 e. The number of nitrogens with one attached hydrogen (secondary N) is 1. The van der Waals surface area contributed by atoms with E-state index in [2.05, 4.69) is 5.32 Å². The molecule has 0 spiro atoms. The number of imide groups is 2. The van der Waals surface area contributed by atoms with Crippen LogP contribution in [0.5, 0.6) is 0 Å². The number of carbonyl (C=O) groups excluding carboxylic acids is 4. The van der Waals surface area contributed by atoms with Gasteiger partial charge in [0, 0.05) is 13.1 Å². The molecule has 1 aromatic carbocycles. The predicted octanol–water partition coefficient (Wildman–Crippen LogP) is 0.613. The maximum absolute atomic E-state index is 12.2. The third kappa shape index (κ3) is 1.97. The van der Waals surface area contributed by atoms with Crippen LogP contribution in [0.2, 0.25) is 0 Å². The Hall–Kier alpha value is -2.70. The maximum Gasteiger partial charge on any atom is 0.325 e. The average molecular weight is 301 g/mol. The molecule has 0 atom stereocenters. The summed E-state index contributed by atoms with van der Waals surface area (Å²) in [5.41, 5.74) is -0.255.